The topological polar surface area (TPSA) is 104 Å². The molecule has 0 aliphatic carbocycles. The number of rotatable bonds is 5. The molecule has 3 heterocycles. The van der Waals surface area contributed by atoms with Crippen LogP contribution in [-0.4, -0.2) is 53.0 Å². The molecule has 0 unspecified atom stereocenters. The van der Waals surface area contributed by atoms with E-state index in [1.807, 2.05) is 7.05 Å². The first-order valence-electron chi connectivity index (χ1n) is 7.58. The first-order valence-corrected chi connectivity index (χ1v) is 9.02. The van der Waals surface area contributed by atoms with E-state index >= 15 is 0 Å². The van der Waals surface area contributed by atoms with Gasteiger partial charge in [-0.1, -0.05) is 0 Å². The minimum atomic E-state index is -3.47. The highest BCUT2D eigenvalue weighted by Gasteiger charge is 2.31. The average Bonchev–Trinajstić information content (AvgIpc) is 3.11. The minimum absolute atomic E-state index is 0.216. The Morgan fingerprint density at radius 3 is 2.96 bits per heavy atom. The second-order valence-electron chi connectivity index (χ2n) is 5.61. The van der Waals surface area contributed by atoms with Gasteiger partial charge in [0.2, 0.25) is 10.0 Å². The van der Waals surface area contributed by atoms with Crippen molar-refractivity contribution < 1.29 is 8.42 Å². The Kier molecular flexibility index (Phi) is 4.58. The molecule has 1 saturated heterocycles. The Hall–Kier alpha value is -2.00. The first kappa shape index (κ1) is 15.9. The van der Waals surface area contributed by atoms with Gasteiger partial charge < -0.3 is 5.32 Å². The Balaban J connectivity index is 1.74. The van der Waals surface area contributed by atoms with Gasteiger partial charge in [0, 0.05) is 38.7 Å². The van der Waals surface area contributed by atoms with Crippen molar-refractivity contribution in [3.05, 3.63) is 30.5 Å². The predicted molar refractivity (Wildman–Crippen MR) is 85.4 cm³/mol. The van der Waals surface area contributed by atoms with Crippen LogP contribution in [0.3, 0.4) is 0 Å². The number of nitrogens with zero attached hydrogens (tertiary/aromatic N) is 4. The van der Waals surface area contributed by atoms with E-state index in [2.05, 4.69) is 25.5 Å². The molecule has 0 amide bonds. The van der Waals surface area contributed by atoms with Crippen molar-refractivity contribution in [3.8, 4) is 0 Å². The molecule has 1 aliphatic heterocycles. The van der Waals surface area contributed by atoms with Crippen LogP contribution in [-0.2, 0) is 16.4 Å². The van der Waals surface area contributed by atoms with Gasteiger partial charge >= 0.3 is 0 Å². The predicted octanol–water partition coefficient (Wildman–Crippen LogP) is 0.885. The number of hydrogen-bond donors (Lipinski definition) is 2. The number of aromatic nitrogens is 4. The van der Waals surface area contributed by atoms with Crippen LogP contribution in [0.5, 0.6) is 0 Å². The Labute approximate surface area is 135 Å². The van der Waals surface area contributed by atoms with Crippen LogP contribution >= 0.6 is 0 Å². The highest BCUT2D eigenvalue weighted by molar-refractivity contribution is 7.89. The third-order valence-corrected chi connectivity index (χ3v) is 5.92. The van der Waals surface area contributed by atoms with E-state index in [0.29, 0.717) is 19.5 Å². The smallest absolute Gasteiger partial charge is 0.246 e. The van der Waals surface area contributed by atoms with Gasteiger partial charge in [-0.3, -0.25) is 10.1 Å². The van der Waals surface area contributed by atoms with Crippen LogP contribution < -0.4 is 5.32 Å². The molecule has 9 heteroatoms. The van der Waals surface area contributed by atoms with Crippen LogP contribution in [0.25, 0.3) is 0 Å². The third kappa shape index (κ3) is 3.35. The second kappa shape index (κ2) is 6.63. The van der Waals surface area contributed by atoms with Gasteiger partial charge in [0.15, 0.2) is 0 Å². The molecule has 3 rings (SSSR count). The molecule has 0 aromatic carbocycles. The lowest BCUT2D eigenvalue weighted by molar-refractivity contribution is 0.264. The van der Waals surface area contributed by atoms with Gasteiger partial charge in [-0.05, 0) is 25.2 Å². The second-order valence-corrected chi connectivity index (χ2v) is 7.55. The largest absolute Gasteiger partial charge is 0.372 e. The molecule has 0 bridgehead atoms. The Morgan fingerprint density at radius 1 is 1.39 bits per heavy atom. The summed E-state index contributed by atoms with van der Waals surface area (Å²) in [6, 6.07) is 0. The summed E-state index contributed by atoms with van der Waals surface area (Å²) < 4.78 is 26.7. The molecular weight excluding hydrogens is 316 g/mol. The van der Waals surface area contributed by atoms with Crippen molar-refractivity contribution in [3.63, 3.8) is 0 Å². The van der Waals surface area contributed by atoms with Crippen molar-refractivity contribution in [2.45, 2.75) is 24.2 Å². The monoisotopic (exact) mass is 336 g/mol. The number of aromatic amines is 1. The molecule has 1 aliphatic rings. The number of piperidine rings is 1. The quantitative estimate of drug-likeness (QED) is 0.840. The molecule has 2 N–H and O–H groups in total. The van der Waals surface area contributed by atoms with E-state index in [1.54, 1.807) is 16.7 Å². The van der Waals surface area contributed by atoms with E-state index in [0.717, 1.165) is 24.4 Å². The number of sulfonamides is 1. The lowest BCUT2D eigenvalue weighted by Gasteiger charge is -2.31. The van der Waals surface area contributed by atoms with Crippen LogP contribution in [0.15, 0.2) is 29.7 Å². The van der Waals surface area contributed by atoms with Gasteiger partial charge in [-0.2, -0.15) is 9.40 Å². The van der Waals surface area contributed by atoms with Crippen LogP contribution in [0.1, 0.15) is 18.5 Å². The van der Waals surface area contributed by atoms with Gasteiger partial charge in [0.25, 0.3) is 0 Å². The summed E-state index contributed by atoms with van der Waals surface area (Å²) in [6.07, 6.45) is 8.61. The summed E-state index contributed by atoms with van der Waals surface area (Å²) in [5.74, 6) is 0.983. The molecule has 124 valence electrons. The zero-order valence-corrected chi connectivity index (χ0v) is 13.8. The summed E-state index contributed by atoms with van der Waals surface area (Å²) in [7, 11) is -1.66. The lowest BCUT2D eigenvalue weighted by Crippen LogP contribution is -2.40. The van der Waals surface area contributed by atoms with E-state index in [1.165, 1.54) is 12.4 Å². The highest BCUT2D eigenvalue weighted by Crippen LogP contribution is 2.26. The Morgan fingerprint density at radius 2 is 2.22 bits per heavy atom. The van der Waals surface area contributed by atoms with E-state index in [-0.39, 0.29) is 10.8 Å². The van der Waals surface area contributed by atoms with Gasteiger partial charge in [0.05, 0.1) is 11.9 Å². The first-order chi connectivity index (χ1) is 11.1. The van der Waals surface area contributed by atoms with Crippen LogP contribution in [0.4, 0.5) is 5.82 Å². The van der Waals surface area contributed by atoms with Crippen molar-refractivity contribution in [1.29, 1.82) is 0 Å². The summed E-state index contributed by atoms with van der Waals surface area (Å²) in [6.45, 7) is 1.04. The van der Waals surface area contributed by atoms with Crippen molar-refractivity contribution in [2.75, 3.05) is 25.5 Å². The molecule has 2 aromatic rings. The van der Waals surface area contributed by atoms with Gasteiger partial charge in [-0.15, -0.1) is 0 Å². The third-order valence-electron chi connectivity index (χ3n) is 4.09. The molecular formula is C14H20N6O2S. The maximum Gasteiger partial charge on any atom is 0.246 e. The summed E-state index contributed by atoms with van der Waals surface area (Å²) in [4.78, 5) is 8.84. The average molecular weight is 336 g/mol. The fourth-order valence-electron chi connectivity index (χ4n) is 2.94. The molecule has 0 radical (unpaired) electrons. The SMILES string of the molecule is CNc1nccnc1C[C@@H]1CCCN(S(=O)(=O)c2cn[nH]c2)C1. The highest BCUT2D eigenvalue weighted by atomic mass is 32.2. The van der Waals surface area contributed by atoms with Crippen LogP contribution in [0.2, 0.25) is 0 Å². The van der Waals surface area contributed by atoms with Gasteiger partial charge in [0.1, 0.15) is 10.7 Å². The number of H-pyrrole nitrogens is 1. The zero-order chi connectivity index (χ0) is 16.3. The van der Waals surface area contributed by atoms with E-state index < -0.39 is 10.0 Å². The lowest BCUT2D eigenvalue weighted by atomic mass is 9.94. The molecule has 23 heavy (non-hydrogen) atoms. The summed E-state index contributed by atoms with van der Waals surface area (Å²) in [5, 5.41) is 9.33. The zero-order valence-electron chi connectivity index (χ0n) is 12.9. The van der Waals surface area contributed by atoms with E-state index in [4.69, 9.17) is 0 Å². The molecule has 0 spiro atoms. The van der Waals surface area contributed by atoms with Crippen molar-refractivity contribution in [2.24, 2.45) is 5.92 Å². The summed E-state index contributed by atoms with van der Waals surface area (Å²) >= 11 is 0. The van der Waals surface area contributed by atoms with Crippen molar-refractivity contribution in [1.82, 2.24) is 24.5 Å². The van der Waals surface area contributed by atoms with Crippen LogP contribution in [0, 0.1) is 5.92 Å². The summed E-state index contributed by atoms with van der Waals surface area (Å²) in [5.41, 5.74) is 0.877. The Bertz CT molecular complexity index is 746. The number of hydrogen-bond acceptors (Lipinski definition) is 6. The van der Waals surface area contributed by atoms with E-state index in [9.17, 15) is 8.42 Å². The standard InChI is InChI=1S/C14H20N6O2S/c1-15-14-13(16-4-5-17-14)7-11-3-2-6-20(10-11)23(21,22)12-8-18-19-9-12/h4-5,8-9,11H,2-3,6-7,10H2,1H3,(H,15,17)(H,18,19)/t11-/m0/s1. The fraction of sp³-hybridized carbons (Fsp3) is 0.500. The van der Waals surface area contributed by atoms with Gasteiger partial charge in [-0.25, -0.2) is 13.4 Å². The normalized spacial score (nSPS) is 19.6. The molecule has 1 atom stereocenters. The molecule has 0 saturated carbocycles. The molecule has 1 fully saturated rings. The minimum Gasteiger partial charge on any atom is -0.372 e. The molecule has 8 nitrogen and oxygen atoms in total. The maximum atomic E-state index is 12.6. The van der Waals surface area contributed by atoms with Crippen molar-refractivity contribution >= 4 is 15.8 Å². The fourth-order valence-corrected chi connectivity index (χ4v) is 4.40. The number of anilines is 1. The molecule has 2 aromatic heterocycles. The maximum absolute atomic E-state index is 12.6. The number of nitrogens with one attached hydrogen (secondary N) is 2.